The van der Waals surface area contributed by atoms with E-state index in [9.17, 15) is 14.9 Å². The van der Waals surface area contributed by atoms with Crippen molar-refractivity contribution in [1.82, 2.24) is 15.0 Å². The van der Waals surface area contributed by atoms with Crippen molar-refractivity contribution in [3.8, 4) is 11.8 Å². The number of anilines is 1. The van der Waals surface area contributed by atoms with Crippen molar-refractivity contribution in [2.75, 3.05) is 11.9 Å². The highest BCUT2D eigenvalue weighted by Crippen LogP contribution is 2.37. The molecule has 2 heterocycles. The Bertz CT molecular complexity index is 1140. The summed E-state index contributed by atoms with van der Waals surface area (Å²) in [5, 5.41) is 21.1. The normalized spacial score (nSPS) is 12.7. The lowest BCUT2D eigenvalue weighted by atomic mass is 9.96. The van der Waals surface area contributed by atoms with Gasteiger partial charge in [0.1, 0.15) is 11.1 Å². The van der Waals surface area contributed by atoms with Crippen molar-refractivity contribution >= 4 is 28.2 Å². The van der Waals surface area contributed by atoms with Gasteiger partial charge in [0.15, 0.2) is 12.3 Å². The number of hydrogen-bond acceptors (Lipinski definition) is 7. The first-order chi connectivity index (χ1) is 14.6. The number of aryl methyl sites for hydroxylation is 2. The van der Waals surface area contributed by atoms with Crippen LogP contribution in [0.5, 0.6) is 0 Å². The number of thiophene rings is 1. The SMILES string of the molecule is Cc1nn(-c2ccccc2)nc1C(=O)OCC(=O)Nc1sc2c(c1C#N)CCCC2. The minimum absolute atomic E-state index is 0.0518. The number of rotatable bonds is 5. The summed E-state index contributed by atoms with van der Waals surface area (Å²) in [4.78, 5) is 27.2. The molecule has 152 valence electrons. The second-order valence-corrected chi connectivity index (χ2v) is 8.02. The molecule has 0 atom stereocenters. The summed E-state index contributed by atoms with van der Waals surface area (Å²) in [6.07, 6.45) is 3.92. The van der Waals surface area contributed by atoms with Gasteiger partial charge in [0.05, 0.1) is 16.9 Å². The Morgan fingerprint density at radius 2 is 2.00 bits per heavy atom. The van der Waals surface area contributed by atoms with Crippen molar-refractivity contribution in [1.29, 1.82) is 5.26 Å². The Hall–Kier alpha value is -3.51. The number of hydrogen-bond donors (Lipinski definition) is 1. The lowest BCUT2D eigenvalue weighted by molar-refractivity contribution is -0.119. The zero-order valence-electron chi connectivity index (χ0n) is 16.3. The van der Waals surface area contributed by atoms with Crippen LogP contribution in [0.25, 0.3) is 5.69 Å². The Labute approximate surface area is 177 Å². The smallest absolute Gasteiger partial charge is 0.361 e. The van der Waals surface area contributed by atoms with Crippen molar-refractivity contribution < 1.29 is 14.3 Å². The summed E-state index contributed by atoms with van der Waals surface area (Å²) in [5.41, 5.74) is 2.73. The molecule has 3 aromatic rings. The fourth-order valence-corrected chi connectivity index (χ4v) is 4.63. The van der Waals surface area contributed by atoms with Gasteiger partial charge in [0.25, 0.3) is 5.91 Å². The van der Waals surface area contributed by atoms with Gasteiger partial charge in [-0.1, -0.05) is 18.2 Å². The third-order valence-electron chi connectivity index (χ3n) is 4.83. The first kappa shape index (κ1) is 19.8. The molecule has 0 saturated heterocycles. The first-order valence-electron chi connectivity index (χ1n) is 9.58. The van der Waals surface area contributed by atoms with Crippen LogP contribution in [0.4, 0.5) is 5.00 Å². The number of para-hydroxylation sites is 1. The zero-order chi connectivity index (χ0) is 21.1. The molecular formula is C21H19N5O3S. The number of ether oxygens (including phenoxy) is 1. The summed E-state index contributed by atoms with van der Waals surface area (Å²) in [5.74, 6) is -1.22. The molecule has 1 N–H and O–H groups in total. The molecule has 4 rings (SSSR count). The maximum absolute atomic E-state index is 12.4. The van der Waals surface area contributed by atoms with E-state index in [4.69, 9.17) is 4.74 Å². The van der Waals surface area contributed by atoms with E-state index < -0.39 is 18.5 Å². The lowest BCUT2D eigenvalue weighted by Crippen LogP contribution is -2.21. The zero-order valence-corrected chi connectivity index (χ0v) is 17.2. The van der Waals surface area contributed by atoms with Crippen LogP contribution in [0.1, 0.15) is 45.0 Å². The minimum Gasteiger partial charge on any atom is -0.451 e. The highest BCUT2D eigenvalue weighted by Gasteiger charge is 2.23. The van der Waals surface area contributed by atoms with Crippen molar-refractivity contribution in [3.63, 3.8) is 0 Å². The molecule has 0 saturated carbocycles. The van der Waals surface area contributed by atoms with Gasteiger partial charge in [-0.15, -0.1) is 16.4 Å². The topological polar surface area (TPSA) is 110 Å². The van der Waals surface area contributed by atoms with Crippen LogP contribution in [0.15, 0.2) is 30.3 Å². The highest BCUT2D eigenvalue weighted by atomic mass is 32.1. The van der Waals surface area contributed by atoms with Gasteiger partial charge in [-0.3, -0.25) is 4.79 Å². The van der Waals surface area contributed by atoms with E-state index >= 15 is 0 Å². The van der Waals surface area contributed by atoms with Crippen LogP contribution in [0.3, 0.4) is 0 Å². The number of nitrogens with zero attached hydrogens (tertiary/aromatic N) is 4. The van der Waals surface area contributed by atoms with E-state index in [0.717, 1.165) is 36.1 Å². The second kappa shape index (κ2) is 8.47. The Morgan fingerprint density at radius 3 is 2.77 bits per heavy atom. The molecule has 1 aliphatic rings. The molecule has 0 radical (unpaired) electrons. The number of aromatic nitrogens is 3. The largest absolute Gasteiger partial charge is 0.451 e. The summed E-state index contributed by atoms with van der Waals surface area (Å²) in [7, 11) is 0. The molecule has 0 fully saturated rings. The van der Waals surface area contributed by atoms with Crippen LogP contribution in [0, 0.1) is 18.3 Å². The van der Waals surface area contributed by atoms with Gasteiger partial charge in [-0.05, 0) is 50.3 Å². The molecule has 0 bridgehead atoms. The number of nitrogens with one attached hydrogen (secondary N) is 1. The van der Waals surface area contributed by atoms with Gasteiger partial charge in [0.2, 0.25) is 0 Å². The first-order valence-corrected chi connectivity index (χ1v) is 10.4. The van der Waals surface area contributed by atoms with Crippen LogP contribution in [0.2, 0.25) is 0 Å². The van der Waals surface area contributed by atoms with E-state index in [-0.39, 0.29) is 5.69 Å². The monoisotopic (exact) mass is 421 g/mol. The molecule has 0 spiro atoms. The van der Waals surface area contributed by atoms with Crippen LogP contribution < -0.4 is 5.32 Å². The average molecular weight is 421 g/mol. The molecule has 0 unspecified atom stereocenters. The van der Waals surface area contributed by atoms with Crippen molar-refractivity contribution in [2.24, 2.45) is 0 Å². The number of benzene rings is 1. The third-order valence-corrected chi connectivity index (χ3v) is 6.04. The fraction of sp³-hybridized carbons (Fsp3) is 0.286. The standard InChI is InChI=1S/C21H19N5O3S/c1-13-19(25-26(24-13)14-7-3-2-4-8-14)21(28)29-12-18(27)23-20-16(11-22)15-9-5-6-10-17(15)30-20/h2-4,7-8H,5-6,9-10,12H2,1H3,(H,23,27). The summed E-state index contributed by atoms with van der Waals surface area (Å²) < 4.78 is 5.12. The summed E-state index contributed by atoms with van der Waals surface area (Å²) in [6.45, 7) is 1.18. The summed E-state index contributed by atoms with van der Waals surface area (Å²) >= 11 is 1.43. The fourth-order valence-electron chi connectivity index (χ4n) is 3.38. The van der Waals surface area contributed by atoms with Gasteiger partial charge >= 0.3 is 5.97 Å². The van der Waals surface area contributed by atoms with Crippen molar-refractivity contribution in [3.05, 3.63) is 57.7 Å². The number of carbonyl (C=O) groups excluding carboxylic acids is 2. The predicted octanol–water partition coefficient (Wildman–Crippen LogP) is 3.18. The second-order valence-electron chi connectivity index (χ2n) is 6.91. The quantitative estimate of drug-likeness (QED) is 0.634. The number of fused-ring (bicyclic) bond motifs is 1. The number of carbonyl (C=O) groups is 2. The number of esters is 1. The third kappa shape index (κ3) is 3.95. The summed E-state index contributed by atoms with van der Waals surface area (Å²) in [6, 6.07) is 11.4. The van der Waals surface area contributed by atoms with Gasteiger partial charge in [-0.25, -0.2) is 4.79 Å². The maximum Gasteiger partial charge on any atom is 0.361 e. The average Bonchev–Trinajstić information content (AvgIpc) is 3.32. The highest BCUT2D eigenvalue weighted by molar-refractivity contribution is 7.16. The van der Waals surface area contributed by atoms with E-state index in [1.165, 1.54) is 16.1 Å². The Kier molecular flexibility index (Phi) is 5.59. The molecular weight excluding hydrogens is 402 g/mol. The van der Waals surface area contributed by atoms with E-state index in [1.807, 2.05) is 30.3 Å². The molecule has 1 aromatic carbocycles. The lowest BCUT2D eigenvalue weighted by Gasteiger charge is -2.09. The molecule has 1 aliphatic carbocycles. The molecule has 2 aromatic heterocycles. The molecule has 0 aliphatic heterocycles. The Balaban J connectivity index is 1.40. The molecule has 8 nitrogen and oxygen atoms in total. The maximum atomic E-state index is 12.4. The minimum atomic E-state index is -0.726. The van der Waals surface area contributed by atoms with Crippen LogP contribution in [-0.2, 0) is 22.4 Å². The van der Waals surface area contributed by atoms with Crippen LogP contribution >= 0.6 is 11.3 Å². The van der Waals surface area contributed by atoms with E-state index in [2.05, 4.69) is 21.6 Å². The Morgan fingerprint density at radius 1 is 1.23 bits per heavy atom. The molecule has 9 heteroatoms. The van der Waals surface area contributed by atoms with Gasteiger partial charge < -0.3 is 10.1 Å². The van der Waals surface area contributed by atoms with E-state index in [0.29, 0.717) is 21.9 Å². The number of amides is 1. The molecule has 1 amide bonds. The van der Waals surface area contributed by atoms with Crippen molar-refractivity contribution in [2.45, 2.75) is 32.6 Å². The van der Waals surface area contributed by atoms with Crippen LogP contribution in [-0.4, -0.2) is 33.5 Å². The van der Waals surface area contributed by atoms with Gasteiger partial charge in [-0.2, -0.15) is 15.2 Å². The molecule has 30 heavy (non-hydrogen) atoms. The predicted molar refractivity (Wildman–Crippen MR) is 111 cm³/mol. The van der Waals surface area contributed by atoms with Gasteiger partial charge in [0, 0.05) is 4.88 Å². The van der Waals surface area contributed by atoms with E-state index in [1.54, 1.807) is 6.92 Å². The number of nitriles is 1.